The molecule has 6 heteroatoms. The number of methoxy groups -OCH3 is 1. The lowest BCUT2D eigenvalue weighted by atomic mass is 10.5. The Labute approximate surface area is 69.0 Å². The average molecular weight is 178 g/mol. The molecule has 1 aliphatic rings. The molecule has 0 aromatic heterocycles. The molecule has 0 saturated carbocycles. The fraction of sp³-hybridized carbons (Fsp3) is 0.667. The normalized spacial score (nSPS) is 19.8. The van der Waals surface area contributed by atoms with Gasteiger partial charge in [0.2, 0.25) is 0 Å². The van der Waals surface area contributed by atoms with Crippen LogP contribution >= 0.6 is 0 Å². The van der Waals surface area contributed by atoms with Gasteiger partial charge < -0.3 is 19.3 Å². The summed E-state index contributed by atoms with van der Waals surface area (Å²) in [6.07, 6.45) is -1.84. The maximum absolute atomic E-state index is 10.0. The topological polar surface area (TPSA) is 82.1 Å². The molecule has 0 bridgehead atoms. The highest BCUT2D eigenvalue weighted by atomic mass is 16.8. The first-order chi connectivity index (χ1) is 5.56. The van der Waals surface area contributed by atoms with E-state index in [2.05, 4.69) is 14.2 Å². The summed E-state index contributed by atoms with van der Waals surface area (Å²) in [6, 6.07) is 0. The molecule has 1 N–H and O–H groups in total. The van der Waals surface area contributed by atoms with Gasteiger partial charge in [-0.2, -0.15) is 0 Å². The van der Waals surface area contributed by atoms with Crippen LogP contribution in [-0.2, 0) is 14.2 Å². The van der Waals surface area contributed by atoms with Crippen molar-refractivity contribution in [2.45, 2.75) is 13.0 Å². The molecule has 0 spiro atoms. The van der Waals surface area contributed by atoms with Crippen LogP contribution in [0.3, 0.4) is 0 Å². The predicted molar refractivity (Wildman–Crippen MR) is 36.9 cm³/mol. The van der Waals surface area contributed by atoms with E-state index >= 15 is 0 Å². The van der Waals surface area contributed by atoms with E-state index in [1.807, 2.05) is 0 Å². The van der Waals surface area contributed by atoms with Gasteiger partial charge in [-0.1, -0.05) is 0 Å². The zero-order valence-corrected chi connectivity index (χ0v) is 6.77. The van der Waals surface area contributed by atoms with Gasteiger partial charge in [0.15, 0.2) is 0 Å². The summed E-state index contributed by atoms with van der Waals surface area (Å²) in [5.74, 6) is 0. The zero-order valence-electron chi connectivity index (χ0n) is 6.77. The molecular formula is C6H10O6. The molecule has 1 saturated heterocycles. The number of cyclic esters (lactones) is 2. The fourth-order valence-corrected chi connectivity index (χ4v) is 0.418. The fourth-order valence-electron chi connectivity index (χ4n) is 0.418. The highest BCUT2D eigenvalue weighted by molar-refractivity contribution is 5.61. The first-order valence-corrected chi connectivity index (χ1v) is 3.16. The van der Waals surface area contributed by atoms with E-state index in [1.165, 1.54) is 0 Å². The molecule has 0 aromatic rings. The van der Waals surface area contributed by atoms with Gasteiger partial charge >= 0.3 is 12.3 Å². The summed E-state index contributed by atoms with van der Waals surface area (Å²) in [5, 5.41) is 7.50. The van der Waals surface area contributed by atoms with Crippen molar-refractivity contribution in [1.82, 2.24) is 0 Å². The zero-order chi connectivity index (χ0) is 9.56. The lowest BCUT2D eigenvalue weighted by Crippen LogP contribution is -2.01. The van der Waals surface area contributed by atoms with Crippen molar-refractivity contribution in [3.63, 3.8) is 0 Å². The van der Waals surface area contributed by atoms with Crippen molar-refractivity contribution < 1.29 is 28.9 Å². The van der Waals surface area contributed by atoms with Crippen molar-refractivity contribution in [1.29, 1.82) is 0 Å². The van der Waals surface area contributed by atoms with Crippen LogP contribution in [0.15, 0.2) is 0 Å². The van der Waals surface area contributed by atoms with Gasteiger partial charge in [0.1, 0.15) is 12.7 Å². The molecule has 0 aliphatic carbocycles. The van der Waals surface area contributed by atoms with Gasteiger partial charge in [-0.3, -0.25) is 0 Å². The predicted octanol–water partition coefficient (Wildman–Crippen LogP) is 0.853. The van der Waals surface area contributed by atoms with Crippen molar-refractivity contribution in [3.8, 4) is 0 Å². The first kappa shape index (κ1) is 10.5. The molecule has 1 rings (SSSR count). The van der Waals surface area contributed by atoms with Crippen LogP contribution in [0, 0.1) is 0 Å². The minimum absolute atomic E-state index is 0.0486. The number of rotatable bonds is 0. The number of carboxylic acid groups (broad SMARTS) is 1. The van der Waals surface area contributed by atoms with Crippen LogP contribution in [0.4, 0.5) is 9.59 Å². The number of carbonyl (C=O) groups is 2. The molecular weight excluding hydrogens is 168 g/mol. The van der Waals surface area contributed by atoms with Crippen LogP contribution in [0.5, 0.6) is 0 Å². The van der Waals surface area contributed by atoms with Gasteiger partial charge in [-0.25, -0.2) is 9.59 Å². The average Bonchev–Trinajstić information content (AvgIpc) is 2.36. The largest absolute Gasteiger partial charge is 0.508 e. The van der Waals surface area contributed by atoms with E-state index in [-0.39, 0.29) is 6.10 Å². The summed E-state index contributed by atoms with van der Waals surface area (Å²) in [5.41, 5.74) is 0. The standard InChI is InChI=1S/C4H6O3.C2H4O3/c1-3-2-6-4(5)7-3;1-5-2(3)4/h3H,2H2,1H3;1H3,(H,3,4). The van der Waals surface area contributed by atoms with Gasteiger partial charge in [0.25, 0.3) is 0 Å². The van der Waals surface area contributed by atoms with Crippen LogP contribution in [0.2, 0.25) is 0 Å². The Morgan fingerprint density at radius 3 is 2.33 bits per heavy atom. The van der Waals surface area contributed by atoms with Crippen LogP contribution in [0.1, 0.15) is 6.92 Å². The second-order valence-electron chi connectivity index (χ2n) is 1.96. The molecule has 6 nitrogen and oxygen atoms in total. The first-order valence-electron chi connectivity index (χ1n) is 3.16. The van der Waals surface area contributed by atoms with Crippen LogP contribution in [-0.4, -0.2) is 37.2 Å². The smallest absolute Gasteiger partial charge is 0.450 e. The van der Waals surface area contributed by atoms with E-state index in [0.29, 0.717) is 6.61 Å². The Hall–Kier alpha value is -1.46. The number of hydrogen-bond acceptors (Lipinski definition) is 5. The molecule has 0 aromatic carbocycles. The van der Waals surface area contributed by atoms with Crippen LogP contribution < -0.4 is 0 Å². The molecule has 0 radical (unpaired) electrons. The molecule has 0 amide bonds. The SMILES string of the molecule is CC1COC(=O)O1.COC(=O)O. The van der Waals surface area contributed by atoms with Crippen molar-refractivity contribution in [2.24, 2.45) is 0 Å². The lowest BCUT2D eigenvalue weighted by Gasteiger charge is -1.90. The minimum atomic E-state index is -1.25. The van der Waals surface area contributed by atoms with Gasteiger partial charge in [-0.15, -0.1) is 0 Å². The minimum Gasteiger partial charge on any atom is -0.450 e. The number of hydrogen-bond donors (Lipinski definition) is 1. The molecule has 1 unspecified atom stereocenters. The molecule has 70 valence electrons. The second kappa shape index (κ2) is 5.22. The van der Waals surface area contributed by atoms with Gasteiger partial charge in [0.05, 0.1) is 7.11 Å². The summed E-state index contributed by atoms with van der Waals surface area (Å²) < 4.78 is 12.6. The van der Waals surface area contributed by atoms with Crippen molar-refractivity contribution in [2.75, 3.05) is 13.7 Å². The summed E-state index contributed by atoms with van der Waals surface area (Å²) >= 11 is 0. The molecule has 1 fully saturated rings. The monoisotopic (exact) mass is 178 g/mol. The highest BCUT2D eigenvalue weighted by Crippen LogP contribution is 2.02. The third-order valence-corrected chi connectivity index (χ3v) is 0.908. The third kappa shape index (κ3) is 5.33. The lowest BCUT2D eigenvalue weighted by molar-refractivity contribution is 0.113. The number of ether oxygens (including phenoxy) is 3. The Morgan fingerprint density at radius 1 is 1.75 bits per heavy atom. The maximum atomic E-state index is 10.0. The van der Waals surface area contributed by atoms with Crippen molar-refractivity contribution >= 4 is 12.3 Å². The van der Waals surface area contributed by atoms with E-state index in [0.717, 1.165) is 7.11 Å². The van der Waals surface area contributed by atoms with Crippen molar-refractivity contribution in [3.05, 3.63) is 0 Å². The second-order valence-corrected chi connectivity index (χ2v) is 1.96. The van der Waals surface area contributed by atoms with Gasteiger partial charge in [-0.05, 0) is 6.92 Å². The van der Waals surface area contributed by atoms with E-state index in [1.54, 1.807) is 6.92 Å². The molecule has 1 heterocycles. The Morgan fingerprint density at radius 2 is 2.25 bits per heavy atom. The molecule has 1 atom stereocenters. The Kier molecular flexibility index (Phi) is 4.59. The van der Waals surface area contributed by atoms with E-state index in [9.17, 15) is 4.79 Å². The molecule has 12 heavy (non-hydrogen) atoms. The summed E-state index contributed by atoms with van der Waals surface area (Å²) in [7, 11) is 1.10. The summed E-state index contributed by atoms with van der Waals surface area (Å²) in [6.45, 7) is 2.18. The maximum Gasteiger partial charge on any atom is 0.508 e. The number of carbonyl (C=O) groups excluding carboxylic acids is 1. The Bertz CT molecular complexity index is 165. The third-order valence-electron chi connectivity index (χ3n) is 0.908. The van der Waals surface area contributed by atoms with E-state index in [4.69, 9.17) is 9.90 Å². The van der Waals surface area contributed by atoms with E-state index < -0.39 is 12.3 Å². The summed E-state index contributed by atoms with van der Waals surface area (Å²) in [4.78, 5) is 19.2. The quantitative estimate of drug-likeness (QED) is 0.554. The van der Waals surface area contributed by atoms with Gasteiger partial charge in [0, 0.05) is 0 Å². The molecule has 1 aliphatic heterocycles. The Balaban J connectivity index is 0.000000217. The highest BCUT2D eigenvalue weighted by Gasteiger charge is 2.19. The van der Waals surface area contributed by atoms with Crippen LogP contribution in [0.25, 0.3) is 0 Å².